The van der Waals surface area contributed by atoms with Gasteiger partial charge in [-0.1, -0.05) is 54.8 Å². The SMILES string of the molecule is C=C(NC(C)=O)S/C(=C(/C)C(=C)C)c1csc(NC2Cc3ccccc3C2)n1. The van der Waals surface area contributed by atoms with Gasteiger partial charge in [-0.2, -0.15) is 0 Å². The van der Waals surface area contributed by atoms with Gasteiger partial charge in [0.1, 0.15) is 0 Å². The Kier molecular flexibility index (Phi) is 6.42. The first-order valence-corrected chi connectivity index (χ1v) is 10.8. The molecule has 1 aliphatic rings. The van der Waals surface area contributed by atoms with Gasteiger partial charge in [0, 0.05) is 23.3 Å². The number of thiazole rings is 1. The summed E-state index contributed by atoms with van der Waals surface area (Å²) < 4.78 is 0. The first-order valence-electron chi connectivity index (χ1n) is 9.13. The van der Waals surface area contributed by atoms with Gasteiger partial charge in [0.15, 0.2) is 5.13 Å². The van der Waals surface area contributed by atoms with Crippen LogP contribution in [0.5, 0.6) is 0 Å². The first-order chi connectivity index (χ1) is 13.3. The predicted molar refractivity (Wildman–Crippen MR) is 121 cm³/mol. The molecule has 1 aromatic heterocycles. The van der Waals surface area contributed by atoms with Gasteiger partial charge in [-0.25, -0.2) is 4.98 Å². The molecule has 146 valence electrons. The zero-order valence-electron chi connectivity index (χ0n) is 16.5. The van der Waals surface area contributed by atoms with Crippen LogP contribution in [0, 0.1) is 0 Å². The number of benzene rings is 1. The number of hydrogen-bond donors (Lipinski definition) is 2. The Labute approximate surface area is 174 Å². The fourth-order valence-electron chi connectivity index (χ4n) is 3.14. The van der Waals surface area contributed by atoms with Crippen molar-refractivity contribution >= 4 is 39.0 Å². The topological polar surface area (TPSA) is 54.0 Å². The van der Waals surface area contributed by atoms with Crippen LogP contribution in [0.2, 0.25) is 0 Å². The summed E-state index contributed by atoms with van der Waals surface area (Å²) in [5, 5.41) is 9.85. The third-order valence-corrected chi connectivity index (χ3v) is 6.48. The van der Waals surface area contributed by atoms with Crippen LogP contribution >= 0.6 is 23.1 Å². The predicted octanol–water partition coefficient (Wildman–Crippen LogP) is 5.37. The molecule has 0 aliphatic heterocycles. The number of rotatable bonds is 7. The lowest BCUT2D eigenvalue weighted by atomic mass is 10.1. The van der Waals surface area contributed by atoms with Gasteiger partial charge in [0.25, 0.3) is 0 Å². The second-order valence-electron chi connectivity index (χ2n) is 7.00. The van der Waals surface area contributed by atoms with Gasteiger partial charge in [-0.05, 0) is 43.4 Å². The van der Waals surface area contributed by atoms with Crippen LogP contribution in [0.4, 0.5) is 5.13 Å². The van der Waals surface area contributed by atoms with Crippen LogP contribution in [-0.2, 0) is 17.6 Å². The van der Waals surface area contributed by atoms with Crippen molar-refractivity contribution in [2.75, 3.05) is 5.32 Å². The summed E-state index contributed by atoms with van der Waals surface area (Å²) in [6.45, 7) is 13.5. The number of anilines is 1. The highest BCUT2D eigenvalue weighted by atomic mass is 32.2. The molecule has 2 aromatic rings. The van der Waals surface area contributed by atoms with Gasteiger partial charge in [0.2, 0.25) is 5.91 Å². The molecular weight excluding hydrogens is 386 g/mol. The number of amides is 1. The van der Waals surface area contributed by atoms with Crippen molar-refractivity contribution in [2.24, 2.45) is 0 Å². The van der Waals surface area contributed by atoms with Gasteiger partial charge < -0.3 is 10.6 Å². The Morgan fingerprint density at radius 1 is 1.18 bits per heavy atom. The molecule has 0 spiro atoms. The molecular formula is C22H25N3OS2. The summed E-state index contributed by atoms with van der Waals surface area (Å²) in [5.74, 6) is -0.133. The normalized spacial score (nSPS) is 14.2. The number of hydrogen-bond acceptors (Lipinski definition) is 5. The summed E-state index contributed by atoms with van der Waals surface area (Å²) in [5.41, 5.74) is 5.71. The average molecular weight is 412 g/mol. The van der Waals surface area contributed by atoms with E-state index in [2.05, 4.69) is 48.1 Å². The van der Waals surface area contributed by atoms with E-state index in [4.69, 9.17) is 4.98 Å². The maximum absolute atomic E-state index is 11.3. The number of fused-ring (bicyclic) bond motifs is 1. The quantitative estimate of drug-likeness (QED) is 0.602. The zero-order valence-corrected chi connectivity index (χ0v) is 18.1. The van der Waals surface area contributed by atoms with Crippen molar-refractivity contribution in [3.63, 3.8) is 0 Å². The molecule has 1 aromatic carbocycles. The first kappa shape index (κ1) is 20.4. The van der Waals surface area contributed by atoms with Crippen LogP contribution in [0.3, 0.4) is 0 Å². The fourth-order valence-corrected chi connectivity index (χ4v) is 4.97. The Morgan fingerprint density at radius 3 is 2.39 bits per heavy atom. The lowest BCUT2D eigenvalue weighted by Gasteiger charge is -2.13. The highest BCUT2D eigenvalue weighted by molar-refractivity contribution is 8.11. The number of nitrogens with one attached hydrogen (secondary N) is 2. The molecule has 0 radical (unpaired) electrons. The van der Waals surface area contributed by atoms with Crippen molar-refractivity contribution in [2.45, 2.75) is 39.7 Å². The molecule has 0 saturated carbocycles. The van der Waals surface area contributed by atoms with Crippen LogP contribution in [0.1, 0.15) is 37.6 Å². The number of nitrogens with zero attached hydrogens (tertiary/aromatic N) is 1. The molecule has 6 heteroatoms. The zero-order chi connectivity index (χ0) is 20.3. The Balaban J connectivity index is 1.75. The lowest BCUT2D eigenvalue weighted by molar-refractivity contribution is -0.118. The molecule has 1 amide bonds. The third-order valence-electron chi connectivity index (χ3n) is 4.64. The molecule has 2 N–H and O–H groups in total. The highest BCUT2D eigenvalue weighted by Gasteiger charge is 2.22. The highest BCUT2D eigenvalue weighted by Crippen LogP contribution is 2.38. The van der Waals surface area contributed by atoms with E-state index in [1.54, 1.807) is 11.3 Å². The molecule has 0 unspecified atom stereocenters. The second-order valence-corrected chi connectivity index (χ2v) is 8.96. The Bertz CT molecular complexity index is 933. The number of carbonyl (C=O) groups excluding carboxylic acids is 1. The minimum Gasteiger partial charge on any atom is -0.358 e. The van der Waals surface area contributed by atoms with Crippen LogP contribution in [-0.4, -0.2) is 16.9 Å². The Hall–Kier alpha value is -2.31. The molecule has 0 atom stereocenters. The maximum atomic E-state index is 11.3. The van der Waals surface area contributed by atoms with E-state index in [1.807, 2.05) is 19.2 Å². The molecule has 0 saturated heterocycles. The van der Waals surface area contributed by atoms with E-state index in [0.29, 0.717) is 11.1 Å². The molecule has 4 nitrogen and oxygen atoms in total. The molecule has 0 fully saturated rings. The monoisotopic (exact) mass is 411 g/mol. The number of allylic oxidation sites excluding steroid dienone is 2. The van der Waals surface area contributed by atoms with Gasteiger partial charge in [-0.15, -0.1) is 11.3 Å². The lowest BCUT2D eigenvalue weighted by Crippen LogP contribution is -2.19. The van der Waals surface area contributed by atoms with Crippen molar-refractivity contribution < 1.29 is 4.79 Å². The second kappa shape index (κ2) is 8.80. The van der Waals surface area contributed by atoms with E-state index < -0.39 is 0 Å². The summed E-state index contributed by atoms with van der Waals surface area (Å²) in [6.07, 6.45) is 2.04. The van der Waals surface area contributed by atoms with Gasteiger partial charge >= 0.3 is 0 Å². The molecule has 1 aliphatic carbocycles. The van der Waals surface area contributed by atoms with E-state index in [-0.39, 0.29) is 5.91 Å². The molecule has 28 heavy (non-hydrogen) atoms. The van der Waals surface area contributed by atoms with E-state index in [1.165, 1.54) is 29.8 Å². The number of thioether (sulfide) groups is 1. The van der Waals surface area contributed by atoms with Crippen LogP contribution in [0.25, 0.3) is 4.91 Å². The average Bonchev–Trinajstić information content (AvgIpc) is 3.24. The van der Waals surface area contributed by atoms with Crippen molar-refractivity contribution in [3.05, 3.63) is 75.8 Å². The van der Waals surface area contributed by atoms with Gasteiger partial charge in [-0.3, -0.25) is 4.79 Å². The molecule has 0 bridgehead atoms. The van der Waals surface area contributed by atoms with E-state index in [0.717, 1.165) is 39.7 Å². The summed E-state index contributed by atoms with van der Waals surface area (Å²) in [7, 11) is 0. The standard InChI is InChI=1S/C22H25N3OS2/c1-13(2)14(3)21(28-16(5)23-15(4)26)20-12-27-22(25-20)24-19-10-17-8-6-7-9-18(17)11-19/h6-9,12,19H,1,5,10-11H2,2-4H3,(H,23,26)(H,24,25)/b21-14-. The minimum absolute atomic E-state index is 0.133. The van der Waals surface area contributed by atoms with Crippen molar-refractivity contribution in [1.82, 2.24) is 10.3 Å². The largest absolute Gasteiger partial charge is 0.358 e. The van der Waals surface area contributed by atoms with Crippen LogP contribution < -0.4 is 10.6 Å². The van der Waals surface area contributed by atoms with Crippen LogP contribution in [0.15, 0.2) is 59.0 Å². The Morgan fingerprint density at radius 2 is 1.82 bits per heavy atom. The molecule has 1 heterocycles. The smallest absolute Gasteiger partial charge is 0.221 e. The third kappa shape index (κ3) is 4.94. The number of aromatic nitrogens is 1. The summed E-state index contributed by atoms with van der Waals surface area (Å²) in [6, 6.07) is 8.96. The minimum atomic E-state index is -0.133. The fraction of sp³-hybridized carbons (Fsp3) is 0.273. The maximum Gasteiger partial charge on any atom is 0.221 e. The summed E-state index contributed by atoms with van der Waals surface area (Å²) in [4.78, 5) is 17.1. The summed E-state index contributed by atoms with van der Waals surface area (Å²) >= 11 is 3.01. The van der Waals surface area contributed by atoms with Crippen molar-refractivity contribution in [1.29, 1.82) is 0 Å². The number of carbonyl (C=O) groups is 1. The van der Waals surface area contributed by atoms with Crippen molar-refractivity contribution in [3.8, 4) is 0 Å². The van der Waals surface area contributed by atoms with E-state index in [9.17, 15) is 4.79 Å². The molecule has 3 rings (SSSR count). The van der Waals surface area contributed by atoms with Gasteiger partial charge in [0.05, 0.1) is 10.7 Å². The van der Waals surface area contributed by atoms with E-state index >= 15 is 0 Å².